The van der Waals surface area contributed by atoms with Crippen LogP contribution in [-0.2, 0) is 7.05 Å². The number of carbonyl (C=O) groups is 1. The molecule has 31 heavy (non-hydrogen) atoms. The van der Waals surface area contributed by atoms with Gasteiger partial charge in [0.05, 0.1) is 16.9 Å². The Balaban J connectivity index is 1.97. The van der Waals surface area contributed by atoms with E-state index in [0.717, 1.165) is 5.56 Å². The maximum absolute atomic E-state index is 13.4. The van der Waals surface area contributed by atoms with Gasteiger partial charge in [-0.05, 0) is 17.7 Å². The molecule has 1 N–H and O–H groups in total. The zero-order chi connectivity index (χ0) is 21.8. The maximum atomic E-state index is 13.4. The van der Waals surface area contributed by atoms with Crippen molar-refractivity contribution in [3.63, 3.8) is 0 Å². The van der Waals surface area contributed by atoms with E-state index in [9.17, 15) is 14.9 Å². The number of amides is 1. The monoisotopic (exact) mass is 406 g/mol. The molecule has 0 aliphatic carbocycles. The summed E-state index contributed by atoms with van der Waals surface area (Å²) >= 11 is 0. The van der Waals surface area contributed by atoms with Gasteiger partial charge in [-0.25, -0.2) is 4.68 Å². The summed E-state index contributed by atoms with van der Waals surface area (Å²) in [5, 5.41) is 16.6. The Bertz CT molecular complexity index is 1350. The zero-order valence-electron chi connectivity index (χ0n) is 16.7. The number of para-hydroxylation sites is 1. The number of hydrogen-bond acceptors (Lipinski definition) is 4. The number of nitrogens with one attached hydrogen (secondary N) is 1. The Morgan fingerprint density at radius 1 is 0.903 bits per heavy atom. The molecule has 4 rings (SSSR count). The Hall–Kier alpha value is -4.50. The van der Waals surface area contributed by atoms with Crippen LogP contribution in [0.15, 0.2) is 89.7 Å². The van der Waals surface area contributed by atoms with Gasteiger partial charge in [0, 0.05) is 18.2 Å². The van der Waals surface area contributed by atoms with Crippen LogP contribution in [-0.4, -0.2) is 15.7 Å². The summed E-state index contributed by atoms with van der Waals surface area (Å²) in [6.45, 7) is 0. The van der Waals surface area contributed by atoms with Crippen molar-refractivity contribution in [2.45, 2.75) is 0 Å². The number of benzene rings is 3. The van der Waals surface area contributed by atoms with Crippen molar-refractivity contribution in [2.75, 3.05) is 5.32 Å². The quantitative estimate of drug-likeness (QED) is 0.549. The van der Waals surface area contributed by atoms with Crippen LogP contribution in [0.25, 0.3) is 22.4 Å². The number of hydrogen-bond donors (Lipinski definition) is 1. The van der Waals surface area contributed by atoms with Crippen molar-refractivity contribution >= 4 is 11.6 Å². The number of rotatable bonds is 4. The van der Waals surface area contributed by atoms with Crippen molar-refractivity contribution in [1.29, 1.82) is 5.26 Å². The molecule has 4 aromatic rings. The summed E-state index contributed by atoms with van der Waals surface area (Å²) < 4.78 is 1.17. The zero-order valence-corrected chi connectivity index (χ0v) is 16.7. The molecule has 0 spiro atoms. The van der Waals surface area contributed by atoms with Crippen molar-refractivity contribution < 1.29 is 4.79 Å². The molecule has 0 aliphatic rings. The fourth-order valence-corrected chi connectivity index (χ4v) is 3.40. The van der Waals surface area contributed by atoms with E-state index in [0.29, 0.717) is 28.1 Å². The number of anilines is 1. The third-order valence-corrected chi connectivity index (χ3v) is 4.88. The van der Waals surface area contributed by atoms with Crippen molar-refractivity contribution in [3.05, 3.63) is 106 Å². The molecule has 1 aromatic heterocycles. The molecule has 0 atom stereocenters. The number of carbonyl (C=O) groups excluding carboxylic acids is 1. The van der Waals surface area contributed by atoms with E-state index in [1.807, 2.05) is 60.7 Å². The van der Waals surface area contributed by atoms with E-state index in [1.165, 1.54) is 11.7 Å². The Kier molecular flexibility index (Phi) is 5.41. The molecule has 1 amide bonds. The van der Waals surface area contributed by atoms with Gasteiger partial charge in [0.15, 0.2) is 0 Å². The van der Waals surface area contributed by atoms with E-state index in [-0.39, 0.29) is 5.56 Å². The fraction of sp³-hybridized carbons (Fsp3) is 0.0400. The van der Waals surface area contributed by atoms with Crippen LogP contribution < -0.4 is 10.9 Å². The molecule has 0 fully saturated rings. The van der Waals surface area contributed by atoms with E-state index < -0.39 is 11.5 Å². The van der Waals surface area contributed by atoms with Gasteiger partial charge in [0.2, 0.25) is 0 Å². The molecule has 3 aromatic carbocycles. The second-order valence-corrected chi connectivity index (χ2v) is 6.87. The lowest BCUT2D eigenvalue weighted by atomic mass is 9.95. The summed E-state index contributed by atoms with van der Waals surface area (Å²) in [5.74, 6) is -0.596. The van der Waals surface area contributed by atoms with E-state index in [4.69, 9.17) is 0 Å². The molecule has 150 valence electrons. The van der Waals surface area contributed by atoms with Gasteiger partial charge in [0.25, 0.3) is 11.5 Å². The van der Waals surface area contributed by atoms with Gasteiger partial charge in [-0.15, -0.1) is 0 Å². The minimum atomic E-state index is -0.596. The predicted octanol–water partition coefficient (Wildman–Crippen LogP) is 4.24. The van der Waals surface area contributed by atoms with Crippen LogP contribution >= 0.6 is 0 Å². The van der Waals surface area contributed by atoms with Crippen LogP contribution in [0, 0.1) is 11.3 Å². The Morgan fingerprint density at radius 3 is 2.13 bits per heavy atom. The first kappa shape index (κ1) is 19.8. The molecule has 6 heteroatoms. The molecular formula is C25H18N4O2. The summed E-state index contributed by atoms with van der Waals surface area (Å²) in [7, 11) is 1.52. The fourth-order valence-electron chi connectivity index (χ4n) is 3.40. The van der Waals surface area contributed by atoms with E-state index in [1.54, 1.807) is 24.3 Å². The summed E-state index contributed by atoms with van der Waals surface area (Å²) in [5.41, 5.74) is 2.55. The topological polar surface area (TPSA) is 87.8 Å². The molecular weight excluding hydrogens is 388 g/mol. The minimum absolute atomic E-state index is 0.0321. The maximum Gasteiger partial charge on any atom is 0.280 e. The second kappa shape index (κ2) is 8.47. The molecule has 0 saturated carbocycles. The third-order valence-electron chi connectivity index (χ3n) is 4.88. The normalized spacial score (nSPS) is 10.3. The van der Waals surface area contributed by atoms with Crippen LogP contribution in [0.3, 0.4) is 0 Å². The standard InChI is InChI=1S/C25H18N4O2/c1-29-25(31)22(24(30)27-20-15-9-8-14-19(20)16-26)21(17-10-4-2-5-11-17)23(28-29)18-12-6-3-7-13-18/h2-15H,1H3,(H,27,30). The lowest BCUT2D eigenvalue weighted by Gasteiger charge is -2.16. The lowest BCUT2D eigenvalue weighted by molar-refractivity contribution is 0.102. The highest BCUT2D eigenvalue weighted by Crippen LogP contribution is 2.32. The SMILES string of the molecule is Cn1nc(-c2ccccc2)c(-c2ccccc2)c(C(=O)Nc2ccccc2C#N)c1=O. The van der Waals surface area contributed by atoms with Crippen LogP contribution in [0.1, 0.15) is 15.9 Å². The minimum Gasteiger partial charge on any atom is -0.321 e. The Morgan fingerprint density at radius 2 is 1.48 bits per heavy atom. The lowest BCUT2D eigenvalue weighted by Crippen LogP contribution is -2.31. The van der Waals surface area contributed by atoms with Crippen LogP contribution in [0.4, 0.5) is 5.69 Å². The molecule has 0 aliphatic heterocycles. The highest BCUT2D eigenvalue weighted by atomic mass is 16.2. The van der Waals surface area contributed by atoms with Crippen molar-refractivity contribution in [1.82, 2.24) is 9.78 Å². The average molecular weight is 406 g/mol. The Labute approximate surface area is 179 Å². The van der Waals surface area contributed by atoms with Gasteiger partial charge in [-0.1, -0.05) is 72.8 Å². The van der Waals surface area contributed by atoms with E-state index >= 15 is 0 Å². The van der Waals surface area contributed by atoms with Gasteiger partial charge >= 0.3 is 0 Å². The largest absolute Gasteiger partial charge is 0.321 e. The molecule has 0 radical (unpaired) electrons. The molecule has 1 heterocycles. The highest BCUT2D eigenvalue weighted by Gasteiger charge is 2.24. The number of aromatic nitrogens is 2. The summed E-state index contributed by atoms with van der Waals surface area (Å²) in [6, 6.07) is 27.3. The predicted molar refractivity (Wildman–Crippen MR) is 119 cm³/mol. The van der Waals surface area contributed by atoms with Gasteiger partial charge in [-0.3, -0.25) is 9.59 Å². The molecule has 0 unspecified atom stereocenters. The molecule has 0 bridgehead atoms. The molecule has 0 saturated heterocycles. The summed E-state index contributed by atoms with van der Waals surface area (Å²) in [6.07, 6.45) is 0. The van der Waals surface area contributed by atoms with Crippen LogP contribution in [0.2, 0.25) is 0 Å². The number of nitriles is 1. The number of aryl methyl sites for hydroxylation is 1. The smallest absolute Gasteiger partial charge is 0.280 e. The van der Waals surface area contributed by atoms with Crippen molar-refractivity contribution in [3.8, 4) is 28.5 Å². The first-order valence-corrected chi connectivity index (χ1v) is 9.62. The molecule has 6 nitrogen and oxygen atoms in total. The van der Waals surface area contributed by atoms with Gasteiger partial charge in [-0.2, -0.15) is 10.4 Å². The number of nitrogens with zero attached hydrogens (tertiary/aromatic N) is 3. The highest BCUT2D eigenvalue weighted by molar-refractivity contribution is 6.10. The second-order valence-electron chi connectivity index (χ2n) is 6.87. The van der Waals surface area contributed by atoms with Crippen LogP contribution in [0.5, 0.6) is 0 Å². The first-order chi connectivity index (χ1) is 15.1. The van der Waals surface area contributed by atoms with E-state index in [2.05, 4.69) is 16.5 Å². The first-order valence-electron chi connectivity index (χ1n) is 9.62. The van der Waals surface area contributed by atoms with Crippen molar-refractivity contribution in [2.24, 2.45) is 7.05 Å². The average Bonchev–Trinajstić information content (AvgIpc) is 2.81. The third kappa shape index (κ3) is 3.85. The van der Waals surface area contributed by atoms with Gasteiger partial charge < -0.3 is 5.32 Å². The summed E-state index contributed by atoms with van der Waals surface area (Å²) in [4.78, 5) is 26.5. The van der Waals surface area contributed by atoms with Gasteiger partial charge in [0.1, 0.15) is 11.6 Å².